The molecule has 0 bridgehead atoms. The SMILES string of the molecule is CN(C)Cc1ccc(C2CCC(N(C)C(=O)OCc3ccccc3)CC2)cc1. The second-order valence-corrected chi connectivity index (χ2v) is 8.14. The van der Waals surface area contributed by atoms with Crippen molar-refractivity contribution in [3.8, 4) is 0 Å². The van der Waals surface area contributed by atoms with Gasteiger partial charge in [0.05, 0.1) is 0 Å². The van der Waals surface area contributed by atoms with Crippen molar-refractivity contribution in [3.05, 3.63) is 71.3 Å². The number of hydrogen-bond donors (Lipinski definition) is 0. The third kappa shape index (κ3) is 5.59. The molecule has 0 N–H and O–H groups in total. The Morgan fingerprint density at radius 1 is 0.893 bits per heavy atom. The zero-order valence-corrected chi connectivity index (χ0v) is 17.3. The normalized spacial score (nSPS) is 19.4. The van der Waals surface area contributed by atoms with E-state index in [9.17, 15) is 4.79 Å². The zero-order valence-electron chi connectivity index (χ0n) is 17.3. The van der Waals surface area contributed by atoms with Crippen LogP contribution in [0.15, 0.2) is 54.6 Å². The number of hydrogen-bond acceptors (Lipinski definition) is 3. The summed E-state index contributed by atoms with van der Waals surface area (Å²) in [5, 5.41) is 0. The number of amides is 1. The van der Waals surface area contributed by atoms with Gasteiger partial charge in [-0.1, -0.05) is 54.6 Å². The largest absolute Gasteiger partial charge is 0.445 e. The van der Waals surface area contributed by atoms with E-state index in [0.29, 0.717) is 12.5 Å². The molecule has 150 valence electrons. The molecular weight excluding hydrogens is 348 g/mol. The molecule has 28 heavy (non-hydrogen) atoms. The molecule has 4 nitrogen and oxygen atoms in total. The van der Waals surface area contributed by atoms with E-state index in [0.717, 1.165) is 37.8 Å². The molecule has 0 heterocycles. The topological polar surface area (TPSA) is 32.8 Å². The van der Waals surface area contributed by atoms with E-state index in [1.54, 1.807) is 4.90 Å². The van der Waals surface area contributed by atoms with Gasteiger partial charge in [0.25, 0.3) is 0 Å². The van der Waals surface area contributed by atoms with Gasteiger partial charge in [0.2, 0.25) is 0 Å². The lowest BCUT2D eigenvalue weighted by molar-refractivity contribution is 0.0821. The van der Waals surface area contributed by atoms with Crippen molar-refractivity contribution in [2.75, 3.05) is 21.1 Å². The third-order valence-corrected chi connectivity index (χ3v) is 5.69. The van der Waals surface area contributed by atoms with Crippen LogP contribution in [0.25, 0.3) is 0 Å². The molecule has 0 unspecified atom stereocenters. The van der Waals surface area contributed by atoms with Gasteiger partial charge in [-0.05, 0) is 62.4 Å². The van der Waals surface area contributed by atoms with Crippen molar-refractivity contribution >= 4 is 6.09 Å². The predicted octanol–water partition coefficient (Wildman–Crippen LogP) is 5.04. The van der Waals surface area contributed by atoms with Gasteiger partial charge in [-0.2, -0.15) is 0 Å². The maximum absolute atomic E-state index is 12.4. The van der Waals surface area contributed by atoms with Crippen LogP contribution in [0.5, 0.6) is 0 Å². The first-order chi connectivity index (χ1) is 13.5. The van der Waals surface area contributed by atoms with E-state index in [1.165, 1.54) is 11.1 Å². The highest BCUT2D eigenvalue weighted by Crippen LogP contribution is 2.34. The average molecular weight is 381 g/mol. The summed E-state index contributed by atoms with van der Waals surface area (Å²) < 4.78 is 5.48. The van der Waals surface area contributed by atoms with E-state index in [2.05, 4.69) is 43.3 Å². The molecule has 1 saturated carbocycles. The monoisotopic (exact) mass is 380 g/mol. The Hall–Kier alpha value is -2.33. The molecule has 0 atom stereocenters. The minimum Gasteiger partial charge on any atom is -0.445 e. The first kappa shape index (κ1) is 20.4. The van der Waals surface area contributed by atoms with E-state index in [4.69, 9.17) is 4.74 Å². The molecule has 0 radical (unpaired) electrons. The van der Waals surface area contributed by atoms with Crippen LogP contribution in [-0.2, 0) is 17.9 Å². The summed E-state index contributed by atoms with van der Waals surface area (Å²) in [5.74, 6) is 0.596. The van der Waals surface area contributed by atoms with Gasteiger partial charge in [-0.3, -0.25) is 0 Å². The Kier molecular flexibility index (Phi) is 7.10. The Labute approximate surface area is 169 Å². The van der Waals surface area contributed by atoms with Crippen molar-refractivity contribution in [1.82, 2.24) is 9.80 Å². The van der Waals surface area contributed by atoms with Gasteiger partial charge in [0.15, 0.2) is 0 Å². The Morgan fingerprint density at radius 2 is 1.54 bits per heavy atom. The molecule has 1 amide bonds. The fourth-order valence-corrected chi connectivity index (χ4v) is 4.03. The molecule has 2 aromatic rings. The van der Waals surface area contributed by atoms with Crippen molar-refractivity contribution in [3.63, 3.8) is 0 Å². The Balaban J connectivity index is 1.46. The standard InChI is InChI=1S/C24H32N2O2/c1-25(2)17-19-9-11-21(12-10-19)22-13-15-23(16-14-22)26(3)24(27)28-18-20-7-5-4-6-8-20/h4-12,22-23H,13-18H2,1-3H3. The Bertz CT molecular complexity index is 735. The summed E-state index contributed by atoms with van der Waals surface area (Å²) in [6, 6.07) is 19.2. The lowest BCUT2D eigenvalue weighted by Crippen LogP contribution is -2.39. The Morgan fingerprint density at radius 3 is 2.14 bits per heavy atom. The average Bonchev–Trinajstić information content (AvgIpc) is 2.72. The number of nitrogens with zero attached hydrogens (tertiary/aromatic N) is 2. The van der Waals surface area contributed by atoms with Crippen LogP contribution in [0.3, 0.4) is 0 Å². The van der Waals surface area contributed by atoms with Crippen LogP contribution in [0, 0.1) is 0 Å². The minimum absolute atomic E-state index is 0.222. The van der Waals surface area contributed by atoms with Gasteiger partial charge in [0, 0.05) is 19.6 Å². The summed E-state index contributed by atoms with van der Waals surface area (Å²) in [6.45, 7) is 1.31. The van der Waals surface area contributed by atoms with Gasteiger partial charge in [0.1, 0.15) is 6.61 Å². The first-order valence-electron chi connectivity index (χ1n) is 10.2. The summed E-state index contributed by atoms with van der Waals surface area (Å²) in [4.78, 5) is 16.4. The van der Waals surface area contributed by atoms with Crippen LogP contribution in [0.1, 0.15) is 48.3 Å². The molecule has 0 saturated heterocycles. The number of carbonyl (C=O) groups is 1. The highest BCUT2D eigenvalue weighted by Gasteiger charge is 2.28. The minimum atomic E-state index is -0.222. The third-order valence-electron chi connectivity index (χ3n) is 5.69. The molecule has 1 aliphatic rings. The van der Waals surface area contributed by atoms with Crippen LogP contribution >= 0.6 is 0 Å². The van der Waals surface area contributed by atoms with E-state index in [-0.39, 0.29) is 12.1 Å². The summed E-state index contributed by atoms with van der Waals surface area (Å²) in [7, 11) is 6.06. The van der Waals surface area contributed by atoms with Gasteiger partial charge in [-0.15, -0.1) is 0 Å². The van der Waals surface area contributed by atoms with Crippen LogP contribution in [0.4, 0.5) is 4.79 Å². The molecule has 1 aliphatic carbocycles. The molecule has 1 fully saturated rings. The maximum atomic E-state index is 12.4. The van der Waals surface area contributed by atoms with Crippen molar-refractivity contribution in [2.45, 2.75) is 50.8 Å². The highest BCUT2D eigenvalue weighted by atomic mass is 16.6. The summed E-state index contributed by atoms with van der Waals surface area (Å²) in [5.41, 5.74) is 3.80. The van der Waals surface area contributed by atoms with Crippen molar-refractivity contribution in [2.24, 2.45) is 0 Å². The van der Waals surface area contributed by atoms with Crippen LogP contribution in [0.2, 0.25) is 0 Å². The van der Waals surface area contributed by atoms with Crippen LogP contribution < -0.4 is 0 Å². The second-order valence-electron chi connectivity index (χ2n) is 8.14. The van der Waals surface area contributed by atoms with Crippen LogP contribution in [-0.4, -0.2) is 43.1 Å². The van der Waals surface area contributed by atoms with Gasteiger partial charge >= 0.3 is 6.09 Å². The molecular formula is C24H32N2O2. The van der Waals surface area contributed by atoms with E-state index >= 15 is 0 Å². The fraction of sp³-hybridized carbons (Fsp3) is 0.458. The van der Waals surface area contributed by atoms with E-state index < -0.39 is 0 Å². The lowest BCUT2D eigenvalue weighted by atomic mass is 9.81. The fourth-order valence-electron chi connectivity index (χ4n) is 4.03. The van der Waals surface area contributed by atoms with Crippen molar-refractivity contribution < 1.29 is 9.53 Å². The molecule has 0 aliphatic heterocycles. The number of carbonyl (C=O) groups excluding carboxylic acids is 1. The molecule has 0 aromatic heterocycles. The highest BCUT2D eigenvalue weighted by molar-refractivity contribution is 5.67. The lowest BCUT2D eigenvalue weighted by Gasteiger charge is -2.34. The summed E-state index contributed by atoms with van der Waals surface area (Å²) in [6.07, 6.45) is 4.07. The van der Waals surface area contributed by atoms with Gasteiger partial charge in [-0.25, -0.2) is 4.79 Å². The number of rotatable bonds is 6. The van der Waals surface area contributed by atoms with E-state index in [1.807, 2.05) is 37.4 Å². The quantitative estimate of drug-likeness (QED) is 0.703. The maximum Gasteiger partial charge on any atom is 0.410 e. The second kappa shape index (κ2) is 9.74. The molecule has 3 rings (SSSR count). The number of ether oxygens (including phenoxy) is 1. The smallest absolute Gasteiger partial charge is 0.410 e. The summed E-state index contributed by atoms with van der Waals surface area (Å²) >= 11 is 0. The van der Waals surface area contributed by atoms with Gasteiger partial charge < -0.3 is 14.5 Å². The first-order valence-corrected chi connectivity index (χ1v) is 10.2. The molecule has 0 spiro atoms. The van der Waals surface area contributed by atoms with Crippen molar-refractivity contribution in [1.29, 1.82) is 0 Å². The number of benzene rings is 2. The zero-order chi connectivity index (χ0) is 19.9. The predicted molar refractivity (Wildman–Crippen MR) is 113 cm³/mol. The molecule has 2 aromatic carbocycles. The molecule has 4 heteroatoms.